The van der Waals surface area contributed by atoms with Gasteiger partial charge in [-0.1, -0.05) is 30.3 Å². The lowest BCUT2D eigenvalue weighted by Crippen LogP contribution is -2.26. The van der Waals surface area contributed by atoms with Crippen molar-refractivity contribution in [3.63, 3.8) is 0 Å². The third-order valence-electron chi connectivity index (χ3n) is 3.91. The second kappa shape index (κ2) is 7.85. The normalized spacial score (nSPS) is 12.1. The Labute approximate surface area is 146 Å². The Bertz CT molecular complexity index is 823. The number of nitrogens with one attached hydrogen (secondary N) is 1. The number of furan rings is 1. The Morgan fingerprint density at radius 2 is 1.96 bits per heavy atom. The molecule has 2 N–H and O–H groups in total. The van der Waals surface area contributed by atoms with Gasteiger partial charge in [0.05, 0.1) is 12.2 Å². The molecule has 1 heterocycles. The molecule has 1 amide bonds. The van der Waals surface area contributed by atoms with E-state index in [-0.39, 0.29) is 5.91 Å². The van der Waals surface area contributed by atoms with Crippen molar-refractivity contribution in [3.05, 3.63) is 65.9 Å². The summed E-state index contributed by atoms with van der Waals surface area (Å²) in [5.41, 5.74) is 1.23. The number of ether oxygens (including phenoxy) is 1. The Morgan fingerprint density at radius 3 is 2.76 bits per heavy atom. The predicted molar refractivity (Wildman–Crippen MR) is 95.7 cm³/mol. The van der Waals surface area contributed by atoms with Gasteiger partial charge in [-0.3, -0.25) is 4.79 Å². The van der Waals surface area contributed by atoms with E-state index in [9.17, 15) is 9.90 Å². The van der Waals surface area contributed by atoms with Crippen molar-refractivity contribution in [1.29, 1.82) is 0 Å². The minimum atomic E-state index is -0.769. The summed E-state index contributed by atoms with van der Waals surface area (Å²) in [7, 11) is 0. The molecule has 5 heteroatoms. The highest BCUT2D eigenvalue weighted by Crippen LogP contribution is 2.25. The molecule has 1 atom stereocenters. The summed E-state index contributed by atoms with van der Waals surface area (Å²) >= 11 is 0. The molecule has 0 bridgehead atoms. The minimum absolute atomic E-state index is 0.221. The van der Waals surface area contributed by atoms with Crippen molar-refractivity contribution in [2.45, 2.75) is 19.4 Å². The molecule has 3 aromatic rings. The summed E-state index contributed by atoms with van der Waals surface area (Å²) in [4.78, 5) is 12.3. The van der Waals surface area contributed by atoms with E-state index in [0.29, 0.717) is 36.6 Å². The highest BCUT2D eigenvalue weighted by Gasteiger charge is 2.15. The van der Waals surface area contributed by atoms with Crippen LogP contribution in [0.1, 0.15) is 35.6 Å². The van der Waals surface area contributed by atoms with E-state index >= 15 is 0 Å². The molecule has 3 rings (SSSR count). The number of aliphatic hydroxyl groups excluding tert-OH is 1. The number of hydrogen-bond donors (Lipinski definition) is 2. The summed E-state index contributed by atoms with van der Waals surface area (Å²) in [6.07, 6.45) is -0.405. The van der Waals surface area contributed by atoms with E-state index in [0.717, 1.165) is 11.0 Å². The maximum Gasteiger partial charge on any atom is 0.255 e. The van der Waals surface area contributed by atoms with E-state index in [1.165, 1.54) is 0 Å². The Balaban J connectivity index is 1.58. The zero-order valence-electron chi connectivity index (χ0n) is 14.1. The molecule has 2 aromatic carbocycles. The smallest absolute Gasteiger partial charge is 0.255 e. The number of para-hydroxylation sites is 2. The topological polar surface area (TPSA) is 71.7 Å². The van der Waals surface area contributed by atoms with E-state index < -0.39 is 6.10 Å². The first kappa shape index (κ1) is 17.0. The van der Waals surface area contributed by atoms with Gasteiger partial charge in [-0.2, -0.15) is 0 Å². The minimum Gasteiger partial charge on any atom is -0.493 e. The second-order valence-electron chi connectivity index (χ2n) is 5.68. The average Bonchev–Trinajstić information content (AvgIpc) is 3.06. The van der Waals surface area contributed by atoms with Crippen molar-refractivity contribution in [2.24, 2.45) is 0 Å². The summed E-state index contributed by atoms with van der Waals surface area (Å²) < 4.78 is 11.1. The van der Waals surface area contributed by atoms with Crippen LogP contribution in [-0.4, -0.2) is 24.2 Å². The van der Waals surface area contributed by atoms with Gasteiger partial charge in [0.2, 0.25) is 0 Å². The van der Waals surface area contributed by atoms with Gasteiger partial charge in [0.25, 0.3) is 5.91 Å². The molecule has 0 aliphatic heterocycles. The van der Waals surface area contributed by atoms with Crippen LogP contribution in [0.4, 0.5) is 0 Å². The lowest BCUT2D eigenvalue weighted by atomic mass is 10.1. The number of rotatable bonds is 7. The number of amides is 1. The van der Waals surface area contributed by atoms with Crippen molar-refractivity contribution < 1.29 is 19.1 Å². The van der Waals surface area contributed by atoms with Crippen LogP contribution in [-0.2, 0) is 0 Å². The van der Waals surface area contributed by atoms with E-state index in [1.54, 1.807) is 18.2 Å². The molecule has 0 aliphatic rings. The summed E-state index contributed by atoms with van der Waals surface area (Å²) in [6, 6.07) is 16.5. The second-order valence-corrected chi connectivity index (χ2v) is 5.68. The number of fused-ring (bicyclic) bond motifs is 1. The van der Waals surface area contributed by atoms with Crippen LogP contribution < -0.4 is 10.1 Å². The maximum absolute atomic E-state index is 12.3. The molecule has 0 saturated carbocycles. The van der Waals surface area contributed by atoms with Crippen LogP contribution in [0.5, 0.6) is 5.75 Å². The van der Waals surface area contributed by atoms with E-state index in [4.69, 9.17) is 9.15 Å². The number of aliphatic hydroxyl groups is 1. The zero-order valence-corrected chi connectivity index (χ0v) is 14.1. The molecule has 5 nitrogen and oxygen atoms in total. The molecule has 0 aliphatic carbocycles. The zero-order chi connectivity index (χ0) is 17.6. The molecular weight excluding hydrogens is 318 g/mol. The van der Waals surface area contributed by atoms with Gasteiger partial charge in [-0.05, 0) is 37.6 Å². The highest BCUT2D eigenvalue weighted by atomic mass is 16.5. The first-order chi connectivity index (χ1) is 12.2. The van der Waals surface area contributed by atoms with Gasteiger partial charge in [-0.25, -0.2) is 0 Å². The van der Waals surface area contributed by atoms with Gasteiger partial charge < -0.3 is 19.6 Å². The van der Waals surface area contributed by atoms with Gasteiger partial charge in [-0.15, -0.1) is 0 Å². The molecule has 1 aromatic heterocycles. The summed E-state index contributed by atoms with van der Waals surface area (Å²) in [6.45, 7) is 2.70. The molecule has 25 heavy (non-hydrogen) atoms. The van der Waals surface area contributed by atoms with Crippen molar-refractivity contribution in [3.8, 4) is 5.75 Å². The first-order valence-corrected chi connectivity index (χ1v) is 8.35. The fourth-order valence-electron chi connectivity index (χ4n) is 2.66. The van der Waals surface area contributed by atoms with Crippen LogP contribution in [0.25, 0.3) is 11.0 Å². The average molecular weight is 339 g/mol. The van der Waals surface area contributed by atoms with Crippen LogP contribution in [0.15, 0.2) is 59.0 Å². The Morgan fingerprint density at radius 1 is 1.20 bits per heavy atom. The fourth-order valence-corrected chi connectivity index (χ4v) is 2.66. The van der Waals surface area contributed by atoms with E-state index in [1.807, 2.05) is 43.3 Å². The molecule has 0 saturated heterocycles. The van der Waals surface area contributed by atoms with Gasteiger partial charge in [0.1, 0.15) is 23.2 Å². The SMILES string of the molecule is CCOc1ccccc1C(=O)NCC[C@@H](O)c1cc2ccccc2o1. The number of carbonyl (C=O) groups excluding carboxylic acids is 1. The lowest BCUT2D eigenvalue weighted by molar-refractivity contribution is 0.0933. The third-order valence-corrected chi connectivity index (χ3v) is 3.91. The van der Waals surface area contributed by atoms with Crippen molar-refractivity contribution >= 4 is 16.9 Å². The largest absolute Gasteiger partial charge is 0.493 e. The Hall–Kier alpha value is -2.79. The molecule has 130 valence electrons. The lowest BCUT2D eigenvalue weighted by Gasteiger charge is -2.11. The molecular formula is C20H21NO4. The molecule has 0 spiro atoms. The van der Waals surface area contributed by atoms with E-state index in [2.05, 4.69) is 5.32 Å². The highest BCUT2D eigenvalue weighted by molar-refractivity contribution is 5.96. The van der Waals surface area contributed by atoms with Crippen LogP contribution in [0.2, 0.25) is 0 Å². The van der Waals surface area contributed by atoms with Crippen LogP contribution in [0.3, 0.4) is 0 Å². The standard InChI is InChI=1S/C20H21NO4/c1-2-24-18-10-6-4-8-15(18)20(23)21-12-11-16(22)19-13-14-7-3-5-9-17(14)25-19/h3-10,13,16,22H,2,11-12H2,1H3,(H,21,23)/t16-/m1/s1. The third kappa shape index (κ3) is 4.00. The van der Waals surface area contributed by atoms with Crippen molar-refractivity contribution in [1.82, 2.24) is 5.32 Å². The van der Waals surface area contributed by atoms with Crippen LogP contribution in [0, 0.1) is 0 Å². The molecule has 0 radical (unpaired) electrons. The predicted octanol–water partition coefficient (Wildman–Crippen LogP) is 3.69. The van der Waals surface area contributed by atoms with Gasteiger partial charge in [0.15, 0.2) is 0 Å². The molecule has 0 unspecified atom stereocenters. The maximum atomic E-state index is 12.3. The van der Waals surface area contributed by atoms with Crippen molar-refractivity contribution in [2.75, 3.05) is 13.2 Å². The van der Waals surface area contributed by atoms with Gasteiger partial charge in [0, 0.05) is 11.9 Å². The number of benzene rings is 2. The fraction of sp³-hybridized carbons (Fsp3) is 0.250. The first-order valence-electron chi connectivity index (χ1n) is 8.35. The Kier molecular flexibility index (Phi) is 5.36. The molecule has 0 fully saturated rings. The van der Waals surface area contributed by atoms with Gasteiger partial charge >= 0.3 is 0 Å². The quantitative estimate of drug-likeness (QED) is 0.689. The summed E-state index contributed by atoms with van der Waals surface area (Å²) in [5.74, 6) is 0.839. The number of carbonyl (C=O) groups is 1. The number of hydrogen-bond acceptors (Lipinski definition) is 4. The summed E-state index contributed by atoms with van der Waals surface area (Å²) in [5, 5.41) is 14.0. The monoisotopic (exact) mass is 339 g/mol. The van der Waals surface area contributed by atoms with Crippen LogP contribution >= 0.6 is 0 Å².